The van der Waals surface area contributed by atoms with Crippen LogP contribution in [0, 0.1) is 5.92 Å². The number of hydrogen-bond acceptors (Lipinski definition) is 3. The first-order valence-electron chi connectivity index (χ1n) is 6.20. The number of aliphatic hydroxyl groups excluding tert-OH is 1. The second kappa shape index (κ2) is 7.01. The number of benzene rings is 1. The van der Waals surface area contributed by atoms with Crippen molar-refractivity contribution in [1.29, 1.82) is 0 Å². The van der Waals surface area contributed by atoms with Gasteiger partial charge in [-0.2, -0.15) is 0 Å². The van der Waals surface area contributed by atoms with Crippen molar-refractivity contribution < 1.29 is 15.0 Å². The van der Waals surface area contributed by atoms with Gasteiger partial charge in [0.15, 0.2) is 0 Å². The molecule has 1 aromatic carbocycles. The van der Waals surface area contributed by atoms with Gasteiger partial charge in [0.05, 0.1) is 12.5 Å². The van der Waals surface area contributed by atoms with Crippen LogP contribution in [0.1, 0.15) is 25.8 Å². The molecule has 0 aliphatic heterocycles. The summed E-state index contributed by atoms with van der Waals surface area (Å²) >= 11 is 0. The average Bonchev–Trinajstić information content (AvgIpc) is 2.29. The maximum absolute atomic E-state index is 11.6. The van der Waals surface area contributed by atoms with E-state index in [4.69, 9.17) is 5.11 Å². The van der Waals surface area contributed by atoms with E-state index in [9.17, 15) is 9.90 Å². The molecule has 1 unspecified atom stereocenters. The molecule has 0 aliphatic rings. The van der Waals surface area contributed by atoms with Gasteiger partial charge in [0.1, 0.15) is 5.75 Å². The summed E-state index contributed by atoms with van der Waals surface area (Å²) < 4.78 is 0. The molecular weight excluding hydrogens is 230 g/mol. The van der Waals surface area contributed by atoms with Crippen molar-refractivity contribution >= 4 is 5.91 Å². The van der Waals surface area contributed by atoms with Crippen molar-refractivity contribution in [2.45, 2.75) is 32.8 Å². The molecule has 0 bridgehead atoms. The van der Waals surface area contributed by atoms with E-state index in [1.165, 1.54) is 0 Å². The maximum Gasteiger partial charge on any atom is 0.224 e. The molecule has 3 N–H and O–H groups in total. The van der Waals surface area contributed by atoms with Crippen LogP contribution in [-0.2, 0) is 11.2 Å². The molecule has 1 aromatic rings. The Bertz CT molecular complexity index is 373. The molecule has 1 atom stereocenters. The summed E-state index contributed by atoms with van der Waals surface area (Å²) in [5.41, 5.74) is 0.837. The van der Waals surface area contributed by atoms with Gasteiger partial charge in [-0.25, -0.2) is 0 Å². The molecule has 0 aromatic heterocycles. The van der Waals surface area contributed by atoms with Crippen molar-refractivity contribution in [3.63, 3.8) is 0 Å². The first-order valence-corrected chi connectivity index (χ1v) is 6.20. The van der Waals surface area contributed by atoms with Gasteiger partial charge in [-0.15, -0.1) is 0 Å². The minimum Gasteiger partial charge on any atom is -0.508 e. The summed E-state index contributed by atoms with van der Waals surface area (Å²) in [4.78, 5) is 11.6. The highest BCUT2D eigenvalue weighted by atomic mass is 16.3. The molecule has 0 saturated heterocycles. The highest BCUT2D eigenvalue weighted by Gasteiger charge is 2.09. The van der Waals surface area contributed by atoms with Gasteiger partial charge in [-0.05, 0) is 30.0 Å². The van der Waals surface area contributed by atoms with E-state index in [1.807, 2.05) is 13.8 Å². The second-order valence-corrected chi connectivity index (χ2v) is 4.93. The van der Waals surface area contributed by atoms with Crippen LogP contribution in [0.15, 0.2) is 24.3 Å². The first-order chi connectivity index (χ1) is 8.47. The molecule has 0 fully saturated rings. The fraction of sp³-hybridized carbons (Fsp3) is 0.500. The van der Waals surface area contributed by atoms with Crippen LogP contribution >= 0.6 is 0 Å². The molecule has 4 nitrogen and oxygen atoms in total. The van der Waals surface area contributed by atoms with Gasteiger partial charge in [-0.3, -0.25) is 4.79 Å². The molecule has 0 spiro atoms. The fourth-order valence-electron chi connectivity index (χ4n) is 1.72. The van der Waals surface area contributed by atoms with Crippen LogP contribution < -0.4 is 5.32 Å². The van der Waals surface area contributed by atoms with E-state index in [2.05, 4.69) is 5.32 Å². The van der Waals surface area contributed by atoms with Crippen molar-refractivity contribution in [3.05, 3.63) is 29.8 Å². The Morgan fingerprint density at radius 1 is 1.28 bits per heavy atom. The third-order valence-corrected chi connectivity index (χ3v) is 2.58. The summed E-state index contributed by atoms with van der Waals surface area (Å²) in [6, 6.07) is 6.52. The Kier molecular flexibility index (Phi) is 5.65. The van der Waals surface area contributed by atoms with Crippen LogP contribution in [0.4, 0.5) is 0 Å². The van der Waals surface area contributed by atoms with Crippen LogP contribution in [0.5, 0.6) is 5.75 Å². The molecule has 0 radical (unpaired) electrons. The van der Waals surface area contributed by atoms with Crippen LogP contribution in [0.3, 0.4) is 0 Å². The van der Waals surface area contributed by atoms with Crippen molar-refractivity contribution in [3.8, 4) is 5.75 Å². The largest absolute Gasteiger partial charge is 0.508 e. The van der Waals surface area contributed by atoms with Gasteiger partial charge < -0.3 is 15.5 Å². The van der Waals surface area contributed by atoms with E-state index in [0.29, 0.717) is 12.3 Å². The monoisotopic (exact) mass is 251 g/mol. The van der Waals surface area contributed by atoms with Gasteiger partial charge in [-0.1, -0.05) is 26.0 Å². The van der Waals surface area contributed by atoms with Crippen LogP contribution in [0.25, 0.3) is 0 Å². The number of aliphatic hydroxyl groups is 1. The predicted molar refractivity (Wildman–Crippen MR) is 70.3 cm³/mol. The van der Waals surface area contributed by atoms with Gasteiger partial charge >= 0.3 is 0 Å². The molecule has 18 heavy (non-hydrogen) atoms. The molecule has 4 heteroatoms. The van der Waals surface area contributed by atoms with Crippen molar-refractivity contribution in [2.75, 3.05) is 6.54 Å². The van der Waals surface area contributed by atoms with E-state index < -0.39 is 6.10 Å². The van der Waals surface area contributed by atoms with E-state index >= 15 is 0 Å². The zero-order chi connectivity index (χ0) is 13.5. The summed E-state index contributed by atoms with van der Waals surface area (Å²) in [6.45, 7) is 4.35. The molecule has 0 heterocycles. The van der Waals surface area contributed by atoms with E-state index in [0.717, 1.165) is 5.56 Å². The van der Waals surface area contributed by atoms with Crippen LogP contribution in [-0.4, -0.2) is 28.8 Å². The van der Waals surface area contributed by atoms with Crippen LogP contribution in [0.2, 0.25) is 0 Å². The highest BCUT2D eigenvalue weighted by Crippen LogP contribution is 2.10. The summed E-state index contributed by atoms with van der Waals surface area (Å²) in [7, 11) is 0. The molecule has 1 rings (SSSR count). The lowest BCUT2D eigenvalue weighted by atomic mass is 10.1. The smallest absolute Gasteiger partial charge is 0.224 e. The number of carbonyl (C=O) groups is 1. The number of rotatable bonds is 6. The normalized spacial score (nSPS) is 12.4. The number of phenols is 1. The van der Waals surface area contributed by atoms with Crippen molar-refractivity contribution in [2.24, 2.45) is 5.92 Å². The van der Waals surface area contributed by atoms with Gasteiger partial charge in [0.2, 0.25) is 5.91 Å². The zero-order valence-corrected chi connectivity index (χ0v) is 10.9. The summed E-state index contributed by atoms with van der Waals surface area (Å²) in [6.07, 6.45) is 0.447. The number of phenolic OH excluding ortho intramolecular Hbond substituents is 1. The Hall–Kier alpha value is -1.55. The minimum absolute atomic E-state index is 0.122. The quantitative estimate of drug-likeness (QED) is 0.717. The topological polar surface area (TPSA) is 69.6 Å². The molecule has 100 valence electrons. The average molecular weight is 251 g/mol. The highest BCUT2D eigenvalue weighted by molar-refractivity contribution is 5.78. The van der Waals surface area contributed by atoms with E-state index in [1.54, 1.807) is 24.3 Å². The fourth-order valence-corrected chi connectivity index (χ4v) is 1.72. The minimum atomic E-state index is -0.492. The molecule has 0 saturated carbocycles. The second-order valence-electron chi connectivity index (χ2n) is 4.93. The summed E-state index contributed by atoms with van der Waals surface area (Å²) in [5.74, 6) is 0.476. The Morgan fingerprint density at radius 2 is 1.89 bits per heavy atom. The lowest BCUT2D eigenvalue weighted by molar-refractivity contribution is -0.120. The van der Waals surface area contributed by atoms with Gasteiger partial charge in [0.25, 0.3) is 0 Å². The van der Waals surface area contributed by atoms with Gasteiger partial charge in [0, 0.05) is 6.54 Å². The first kappa shape index (κ1) is 14.5. The predicted octanol–water partition coefficient (Wildman–Crippen LogP) is 1.46. The SMILES string of the molecule is CC(C)CC(O)CNC(=O)Cc1ccc(O)cc1. The number of nitrogens with one attached hydrogen (secondary N) is 1. The molecular formula is C14H21NO3. The maximum atomic E-state index is 11.6. The number of hydrogen-bond donors (Lipinski definition) is 3. The number of carbonyl (C=O) groups excluding carboxylic acids is 1. The van der Waals surface area contributed by atoms with E-state index in [-0.39, 0.29) is 24.6 Å². The lowest BCUT2D eigenvalue weighted by Gasteiger charge is -2.13. The molecule has 1 amide bonds. The Labute approximate surface area is 108 Å². The third-order valence-electron chi connectivity index (χ3n) is 2.58. The number of amides is 1. The Morgan fingerprint density at radius 3 is 2.44 bits per heavy atom. The summed E-state index contributed by atoms with van der Waals surface area (Å²) in [5, 5.41) is 21.4. The lowest BCUT2D eigenvalue weighted by Crippen LogP contribution is -2.33. The standard InChI is InChI=1S/C14H21NO3/c1-10(2)7-13(17)9-15-14(18)8-11-3-5-12(16)6-4-11/h3-6,10,13,16-17H,7-9H2,1-2H3,(H,15,18). The molecule has 0 aliphatic carbocycles. The Balaban J connectivity index is 2.31. The third kappa shape index (κ3) is 5.68. The zero-order valence-electron chi connectivity index (χ0n) is 10.9. The number of aromatic hydroxyl groups is 1. The van der Waals surface area contributed by atoms with Crippen molar-refractivity contribution in [1.82, 2.24) is 5.32 Å².